The number of methoxy groups -OCH3 is 1. The van der Waals surface area contributed by atoms with Gasteiger partial charge in [0, 0.05) is 6.07 Å². The molecular formula is C11H9BrClFN2O2. The van der Waals surface area contributed by atoms with Crippen molar-refractivity contribution in [2.24, 2.45) is 0 Å². The van der Waals surface area contributed by atoms with Crippen LogP contribution in [0.5, 0.6) is 0 Å². The molecule has 0 saturated carbocycles. The van der Waals surface area contributed by atoms with E-state index in [9.17, 15) is 9.18 Å². The largest absolute Gasteiger partial charge is 0.468 e. The minimum absolute atomic E-state index is 0.00682. The first-order valence-electron chi connectivity index (χ1n) is 5.03. The van der Waals surface area contributed by atoms with Gasteiger partial charge in [0.2, 0.25) is 0 Å². The summed E-state index contributed by atoms with van der Waals surface area (Å²) in [5.41, 5.74) is 1.08. The van der Waals surface area contributed by atoms with Gasteiger partial charge in [0.1, 0.15) is 18.2 Å². The van der Waals surface area contributed by atoms with E-state index in [4.69, 9.17) is 11.6 Å². The van der Waals surface area contributed by atoms with Crippen molar-refractivity contribution in [1.82, 2.24) is 9.55 Å². The van der Waals surface area contributed by atoms with Gasteiger partial charge in [0.05, 0.1) is 28.5 Å². The Bertz CT molecular complexity index is 615. The molecular weight excluding hydrogens is 326 g/mol. The Morgan fingerprint density at radius 1 is 1.61 bits per heavy atom. The lowest BCUT2D eigenvalue weighted by atomic mass is 10.3. The zero-order valence-electron chi connectivity index (χ0n) is 9.41. The van der Waals surface area contributed by atoms with Crippen LogP contribution in [0, 0.1) is 5.82 Å². The van der Waals surface area contributed by atoms with Crippen LogP contribution in [0.1, 0.15) is 5.82 Å². The fraction of sp³-hybridized carbons (Fsp3) is 0.273. The molecule has 0 N–H and O–H groups in total. The molecule has 0 fully saturated rings. The third kappa shape index (κ3) is 2.35. The summed E-state index contributed by atoms with van der Waals surface area (Å²) < 4.78 is 19.9. The van der Waals surface area contributed by atoms with E-state index in [-0.39, 0.29) is 12.4 Å². The van der Waals surface area contributed by atoms with Gasteiger partial charge in [0.15, 0.2) is 0 Å². The van der Waals surface area contributed by atoms with Crippen LogP contribution in [0.2, 0.25) is 0 Å². The number of nitrogens with zero attached hydrogens (tertiary/aromatic N) is 2. The molecule has 1 heterocycles. The molecule has 1 aromatic carbocycles. The molecule has 0 unspecified atom stereocenters. The summed E-state index contributed by atoms with van der Waals surface area (Å²) in [6.07, 6.45) is 0. The second-order valence-electron chi connectivity index (χ2n) is 3.58. The van der Waals surface area contributed by atoms with Gasteiger partial charge in [-0.05, 0) is 22.0 Å². The fourth-order valence-corrected chi connectivity index (χ4v) is 2.18. The molecule has 0 saturated heterocycles. The number of imidazole rings is 1. The number of alkyl halides is 1. The Labute approximate surface area is 116 Å². The van der Waals surface area contributed by atoms with Crippen molar-refractivity contribution in [3.63, 3.8) is 0 Å². The summed E-state index contributed by atoms with van der Waals surface area (Å²) in [6.45, 7) is -0.00682. The predicted molar refractivity (Wildman–Crippen MR) is 69.0 cm³/mol. The van der Waals surface area contributed by atoms with Gasteiger partial charge in [0.25, 0.3) is 0 Å². The molecule has 0 atom stereocenters. The van der Waals surface area contributed by atoms with Crippen LogP contribution >= 0.6 is 27.5 Å². The normalized spacial score (nSPS) is 10.9. The molecule has 1 aromatic heterocycles. The van der Waals surface area contributed by atoms with E-state index in [1.165, 1.54) is 13.2 Å². The van der Waals surface area contributed by atoms with Gasteiger partial charge < -0.3 is 9.30 Å². The number of aromatic nitrogens is 2. The highest BCUT2D eigenvalue weighted by Crippen LogP contribution is 2.24. The molecule has 0 amide bonds. The second-order valence-corrected chi connectivity index (χ2v) is 4.70. The van der Waals surface area contributed by atoms with E-state index in [2.05, 4.69) is 25.7 Å². The topological polar surface area (TPSA) is 44.1 Å². The number of rotatable bonds is 3. The smallest absolute Gasteiger partial charge is 0.325 e. The highest BCUT2D eigenvalue weighted by molar-refractivity contribution is 9.10. The summed E-state index contributed by atoms with van der Waals surface area (Å²) in [6, 6.07) is 2.86. The number of carbonyl (C=O) groups is 1. The highest BCUT2D eigenvalue weighted by atomic mass is 79.9. The van der Waals surface area contributed by atoms with Crippen LogP contribution in [-0.4, -0.2) is 22.6 Å². The Hall–Kier alpha value is -1.14. The van der Waals surface area contributed by atoms with E-state index in [1.54, 1.807) is 10.6 Å². The first-order valence-corrected chi connectivity index (χ1v) is 6.36. The van der Waals surface area contributed by atoms with Crippen molar-refractivity contribution in [3.8, 4) is 0 Å². The molecule has 0 radical (unpaired) electrons. The van der Waals surface area contributed by atoms with Gasteiger partial charge in [-0.1, -0.05) is 0 Å². The van der Waals surface area contributed by atoms with E-state index in [1.807, 2.05) is 0 Å². The monoisotopic (exact) mass is 334 g/mol. The molecule has 18 heavy (non-hydrogen) atoms. The molecule has 2 aromatic rings. The van der Waals surface area contributed by atoms with Gasteiger partial charge in [-0.25, -0.2) is 9.37 Å². The van der Waals surface area contributed by atoms with Gasteiger partial charge >= 0.3 is 5.97 Å². The Morgan fingerprint density at radius 2 is 2.33 bits per heavy atom. The second kappa shape index (κ2) is 5.24. The average molecular weight is 336 g/mol. The lowest BCUT2D eigenvalue weighted by molar-refractivity contribution is -0.141. The number of benzene rings is 1. The minimum atomic E-state index is -0.416. The maximum absolute atomic E-state index is 13.4. The maximum Gasteiger partial charge on any atom is 0.325 e. The van der Waals surface area contributed by atoms with E-state index >= 15 is 0 Å². The molecule has 0 aliphatic rings. The molecule has 0 bridgehead atoms. The first kappa shape index (κ1) is 13.3. The summed E-state index contributed by atoms with van der Waals surface area (Å²) >= 11 is 8.87. The molecule has 96 valence electrons. The molecule has 0 aliphatic carbocycles. The van der Waals surface area contributed by atoms with Crippen LogP contribution in [-0.2, 0) is 22.0 Å². The number of halogens is 3. The zero-order valence-corrected chi connectivity index (χ0v) is 11.8. The van der Waals surface area contributed by atoms with Crippen LogP contribution in [0.25, 0.3) is 11.0 Å². The quantitative estimate of drug-likeness (QED) is 0.640. The molecule has 7 heteroatoms. The lowest BCUT2D eigenvalue weighted by Gasteiger charge is -2.06. The summed E-state index contributed by atoms with van der Waals surface area (Å²) in [7, 11) is 1.30. The van der Waals surface area contributed by atoms with Crippen molar-refractivity contribution < 1.29 is 13.9 Å². The number of esters is 1. The lowest BCUT2D eigenvalue weighted by Crippen LogP contribution is -2.13. The first-order chi connectivity index (χ1) is 8.56. The van der Waals surface area contributed by atoms with Crippen molar-refractivity contribution >= 4 is 44.5 Å². The van der Waals surface area contributed by atoms with Crippen molar-refractivity contribution in [2.45, 2.75) is 12.4 Å². The number of ether oxygens (including phenoxy) is 1. The summed E-state index contributed by atoms with van der Waals surface area (Å²) in [4.78, 5) is 15.5. The van der Waals surface area contributed by atoms with E-state index in [0.29, 0.717) is 21.3 Å². The molecule has 4 nitrogen and oxygen atoms in total. The highest BCUT2D eigenvalue weighted by Gasteiger charge is 2.15. The number of hydrogen-bond acceptors (Lipinski definition) is 3. The minimum Gasteiger partial charge on any atom is -0.468 e. The van der Waals surface area contributed by atoms with Crippen LogP contribution in [0.3, 0.4) is 0 Å². The van der Waals surface area contributed by atoms with Crippen LogP contribution in [0.15, 0.2) is 16.6 Å². The number of hydrogen-bond donors (Lipinski definition) is 0. The van der Waals surface area contributed by atoms with Gasteiger partial charge in [-0.2, -0.15) is 0 Å². The van der Waals surface area contributed by atoms with Crippen molar-refractivity contribution in [3.05, 3.63) is 28.2 Å². The summed E-state index contributed by atoms with van der Waals surface area (Å²) in [5, 5.41) is 0. The van der Waals surface area contributed by atoms with Crippen molar-refractivity contribution in [2.75, 3.05) is 7.11 Å². The van der Waals surface area contributed by atoms with Gasteiger partial charge in [-0.15, -0.1) is 11.6 Å². The third-order valence-electron chi connectivity index (χ3n) is 2.50. The SMILES string of the molecule is COC(=O)Cn1c(CCl)nc2cc(F)c(Br)cc21. The van der Waals surface area contributed by atoms with Crippen molar-refractivity contribution in [1.29, 1.82) is 0 Å². The fourth-order valence-electron chi connectivity index (χ4n) is 1.64. The average Bonchev–Trinajstić information content (AvgIpc) is 2.67. The van der Waals surface area contributed by atoms with E-state index in [0.717, 1.165) is 0 Å². The predicted octanol–water partition coefficient (Wildman–Crippen LogP) is 2.85. The van der Waals surface area contributed by atoms with Gasteiger partial charge in [-0.3, -0.25) is 4.79 Å². The standard InChI is InChI=1S/C11H9BrClFN2O2/c1-18-11(17)5-16-9-2-6(12)7(14)3-8(9)15-10(16)4-13/h2-3H,4-5H2,1H3. The molecule has 0 spiro atoms. The zero-order chi connectivity index (χ0) is 13.3. The number of carbonyl (C=O) groups excluding carboxylic acids is 1. The molecule has 2 rings (SSSR count). The van der Waals surface area contributed by atoms with Crippen LogP contribution in [0.4, 0.5) is 4.39 Å². The Balaban J connectivity index is 2.61. The third-order valence-corrected chi connectivity index (χ3v) is 3.35. The summed E-state index contributed by atoms with van der Waals surface area (Å²) in [5.74, 6) is -0.202. The Morgan fingerprint density at radius 3 is 2.94 bits per heavy atom. The Kier molecular flexibility index (Phi) is 3.87. The number of fused-ring (bicyclic) bond motifs is 1. The van der Waals surface area contributed by atoms with E-state index < -0.39 is 11.8 Å². The van der Waals surface area contributed by atoms with Crippen LogP contribution < -0.4 is 0 Å². The maximum atomic E-state index is 13.4. The molecule has 0 aliphatic heterocycles.